The van der Waals surface area contributed by atoms with Crippen molar-refractivity contribution in [3.8, 4) is 0 Å². The molecule has 0 bridgehead atoms. The second-order valence-corrected chi connectivity index (χ2v) is 7.71. The first-order valence-corrected chi connectivity index (χ1v) is 9.84. The first kappa shape index (κ1) is 21.0. The lowest BCUT2D eigenvalue weighted by Crippen LogP contribution is -2.26. The molecular formula is C13H16BrFN6O5S. The zero-order valence-corrected chi connectivity index (χ0v) is 16.3. The van der Waals surface area contributed by atoms with Gasteiger partial charge >= 0.3 is 0 Å². The molecule has 0 aliphatic heterocycles. The van der Waals surface area contributed by atoms with Crippen molar-refractivity contribution in [3.05, 3.63) is 34.2 Å². The maximum Gasteiger partial charge on any atom is 0.233 e. The van der Waals surface area contributed by atoms with Gasteiger partial charge in [-0.1, -0.05) is 10.0 Å². The van der Waals surface area contributed by atoms with Crippen LogP contribution in [-0.4, -0.2) is 49.2 Å². The third-order valence-electron chi connectivity index (χ3n) is 3.09. The van der Waals surface area contributed by atoms with Crippen LogP contribution in [0, 0.1) is 5.82 Å². The van der Waals surface area contributed by atoms with Gasteiger partial charge in [0, 0.05) is 12.2 Å². The van der Waals surface area contributed by atoms with Gasteiger partial charge in [-0.15, -0.1) is 0 Å². The predicted molar refractivity (Wildman–Crippen MR) is 97.4 cm³/mol. The molecule has 2 aromatic rings. The van der Waals surface area contributed by atoms with Gasteiger partial charge in [0.15, 0.2) is 5.69 Å². The summed E-state index contributed by atoms with van der Waals surface area (Å²) >= 11 is 3.05. The van der Waals surface area contributed by atoms with Crippen LogP contribution in [0.25, 0.3) is 0 Å². The summed E-state index contributed by atoms with van der Waals surface area (Å²) in [6.07, 6.45) is 0.231. The van der Waals surface area contributed by atoms with Gasteiger partial charge in [0.1, 0.15) is 5.82 Å². The lowest BCUT2D eigenvalue weighted by molar-refractivity contribution is 0.153. The summed E-state index contributed by atoms with van der Waals surface area (Å²) in [6, 6.07) is 4.09. The Morgan fingerprint density at radius 2 is 2.22 bits per heavy atom. The molecule has 27 heavy (non-hydrogen) atoms. The highest BCUT2D eigenvalue weighted by atomic mass is 79.9. The van der Waals surface area contributed by atoms with Crippen LogP contribution in [-0.2, 0) is 14.9 Å². The molecule has 0 aliphatic rings. The molecule has 1 aromatic carbocycles. The molecule has 0 saturated heterocycles. The molecule has 0 fully saturated rings. The first-order valence-electron chi connectivity index (χ1n) is 7.39. The second-order valence-electron chi connectivity index (χ2n) is 5.05. The maximum absolute atomic E-state index is 13.3. The highest BCUT2D eigenvalue weighted by molar-refractivity contribution is 9.10. The number of oxime groups is 1. The molecule has 4 N–H and O–H groups in total. The number of benzene rings is 1. The Labute approximate surface area is 162 Å². The van der Waals surface area contributed by atoms with Crippen LogP contribution in [0.1, 0.15) is 12.1 Å². The summed E-state index contributed by atoms with van der Waals surface area (Å²) in [5, 5.41) is 25.2. The third-order valence-corrected chi connectivity index (χ3v) is 4.94. The number of halogens is 2. The van der Waals surface area contributed by atoms with Crippen LogP contribution in [0.15, 0.2) is 32.5 Å². The van der Waals surface area contributed by atoms with E-state index in [1.54, 1.807) is 0 Å². The molecule has 1 heterocycles. The monoisotopic (exact) mass is 466 g/mol. The first-order chi connectivity index (χ1) is 12.9. The molecule has 14 heteroatoms. The average molecular weight is 467 g/mol. The van der Waals surface area contributed by atoms with Crippen molar-refractivity contribution in [1.29, 1.82) is 0 Å². The van der Waals surface area contributed by atoms with E-state index in [2.05, 4.69) is 51.5 Å². The number of aromatic nitrogens is 2. The highest BCUT2D eigenvalue weighted by Crippen LogP contribution is 2.21. The van der Waals surface area contributed by atoms with Crippen LogP contribution < -0.4 is 15.5 Å². The van der Waals surface area contributed by atoms with E-state index in [9.17, 15) is 18.0 Å². The molecule has 0 unspecified atom stereocenters. The van der Waals surface area contributed by atoms with Crippen LogP contribution in [0.5, 0.6) is 0 Å². The SMILES string of the molecule is CONS(=O)(=O)CCCNc1nonc1C(=NO)Nc1ccc(F)c(Br)c1. The molecule has 0 spiro atoms. The largest absolute Gasteiger partial charge is 0.409 e. The van der Waals surface area contributed by atoms with Crippen molar-refractivity contribution in [1.82, 2.24) is 15.2 Å². The Bertz CT molecular complexity index is 906. The van der Waals surface area contributed by atoms with Crippen LogP contribution in [0.4, 0.5) is 15.9 Å². The number of hydrogen-bond acceptors (Lipinski definition) is 9. The molecule has 0 saturated carbocycles. The summed E-state index contributed by atoms with van der Waals surface area (Å²) in [5.41, 5.74) is 0.470. The lowest BCUT2D eigenvalue weighted by atomic mass is 10.3. The van der Waals surface area contributed by atoms with Crippen molar-refractivity contribution in [2.45, 2.75) is 6.42 Å². The Kier molecular flexibility index (Phi) is 7.46. The summed E-state index contributed by atoms with van der Waals surface area (Å²) < 4.78 is 41.1. The average Bonchev–Trinajstić information content (AvgIpc) is 3.08. The molecule has 0 amide bonds. The van der Waals surface area contributed by atoms with Gasteiger partial charge in [-0.3, -0.25) is 4.84 Å². The number of anilines is 2. The topological polar surface area (TPSA) is 151 Å². The van der Waals surface area contributed by atoms with Crippen molar-refractivity contribution in [2.24, 2.45) is 5.16 Å². The molecule has 11 nitrogen and oxygen atoms in total. The molecule has 1 aromatic heterocycles. The fourth-order valence-electron chi connectivity index (χ4n) is 1.94. The van der Waals surface area contributed by atoms with E-state index in [4.69, 9.17) is 0 Å². The van der Waals surface area contributed by atoms with E-state index >= 15 is 0 Å². The van der Waals surface area contributed by atoms with E-state index in [-0.39, 0.29) is 40.5 Å². The maximum atomic E-state index is 13.3. The van der Waals surface area contributed by atoms with Crippen molar-refractivity contribution < 1.29 is 27.5 Å². The van der Waals surface area contributed by atoms with Gasteiger partial charge in [-0.05, 0) is 50.9 Å². The third kappa shape index (κ3) is 6.13. The predicted octanol–water partition coefficient (Wildman–Crippen LogP) is 1.50. The van der Waals surface area contributed by atoms with E-state index in [0.29, 0.717) is 5.69 Å². The number of rotatable bonds is 9. The van der Waals surface area contributed by atoms with Crippen molar-refractivity contribution in [2.75, 3.05) is 30.0 Å². The molecular weight excluding hydrogens is 451 g/mol. The van der Waals surface area contributed by atoms with Gasteiger partial charge in [0.25, 0.3) is 0 Å². The van der Waals surface area contributed by atoms with Gasteiger partial charge in [-0.2, -0.15) is 0 Å². The van der Waals surface area contributed by atoms with E-state index < -0.39 is 15.8 Å². The summed E-state index contributed by atoms with van der Waals surface area (Å²) in [7, 11) is -2.34. The van der Waals surface area contributed by atoms with E-state index in [1.165, 1.54) is 25.3 Å². The fraction of sp³-hybridized carbons (Fsp3) is 0.308. The molecule has 148 valence electrons. The minimum Gasteiger partial charge on any atom is -0.409 e. The molecule has 0 radical (unpaired) electrons. The fourth-order valence-corrected chi connectivity index (χ4v) is 3.18. The molecule has 0 atom stereocenters. The summed E-state index contributed by atoms with van der Waals surface area (Å²) in [6.45, 7) is 0.215. The van der Waals surface area contributed by atoms with Crippen molar-refractivity contribution >= 4 is 43.3 Å². The molecule has 2 rings (SSSR count). The Morgan fingerprint density at radius 3 is 2.89 bits per heavy atom. The number of nitrogens with zero attached hydrogens (tertiary/aromatic N) is 3. The minimum absolute atomic E-state index is 0.0517. The number of sulfonamides is 1. The minimum atomic E-state index is -3.53. The summed E-state index contributed by atoms with van der Waals surface area (Å²) in [5.74, 6) is -0.608. The van der Waals surface area contributed by atoms with Gasteiger partial charge < -0.3 is 15.8 Å². The number of amidine groups is 1. The lowest BCUT2D eigenvalue weighted by Gasteiger charge is -2.08. The zero-order valence-electron chi connectivity index (χ0n) is 13.9. The van der Waals surface area contributed by atoms with Gasteiger partial charge in [0.05, 0.1) is 17.3 Å². The van der Waals surface area contributed by atoms with E-state index in [1.807, 2.05) is 4.89 Å². The van der Waals surface area contributed by atoms with Crippen LogP contribution in [0.3, 0.4) is 0 Å². The highest BCUT2D eigenvalue weighted by Gasteiger charge is 2.18. The summed E-state index contributed by atoms with van der Waals surface area (Å²) in [4.78, 5) is 6.27. The second kappa shape index (κ2) is 9.59. The smallest absolute Gasteiger partial charge is 0.233 e. The zero-order chi connectivity index (χ0) is 19.9. The normalized spacial score (nSPS) is 12.2. The van der Waals surface area contributed by atoms with Gasteiger partial charge in [-0.25, -0.2) is 17.4 Å². The Morgan fingerprint density at radius 1 is 1.44 bits per heavy atom. The van der Waals surface area contributed by atoms with Gasteiger partial charge in [0.2, 0.25) is 21.7 Å². The van der Waals surface area contributed by atoms with E-state index in [0.717, 1.165) is 0 Å². The van der Waals surface area contributed by atoms with Crippen LogP contribution >= 0.6 is 15.9 Å². The Balaban J connectivity index is 2.00. The Hall–Kier alpha value is -2.29. The number of hydrogen-bond donors (Lipinski definition) is 4. The van der Waals surface area contributed by atoms with Crippen LogP contribution in [0.2, 0.25) is 0 Å². The molecule has 0 aliphatic carbocycles. The quantitative estimate of drug-likeness (QED) is 0.141. The van der Waals surface area contributed by atoms with Crippen molar-refractivity contribution in [3.63, 3.8) is 0 Å². The number of nitrogens with one attached hydrogen (secondary N) is 3. The standard InChI is InChI=1S/C13H16BrFN6O5S/c1-25-21-27(23,24)6-2-5-16-12-11(19-26-20-12)13(18-22)17-8-3-4-10(15)9(14)7-8/h3-4,7,21-22H,2,5-6H2,1H3,(H,16,20)(H,17,18).